The van der Waals surface area contributed by atoms with Crippen LogP contribution >= 0.6 is 31.9 Å². The lowest BCUT2D eigenvalue weighted by molar-refractivity contribution is 0.390. The minimum Gasteiger partial charge on any atom is -0.250 e. The molecule has 0 fully saturated rings. The number of halogens is 4. The van der Waals surface area contributed by atoms with Crippen LogP contribution < -0.4 is 0 Å². The fraction of sp³-hybridized carbons (Fsp3) is 1.00. The first-order chi connectivity index (χ1) is 3.18. The number of hydrogen-bond donors (Lipinski definition) is 0. The Morgan fingerprint density at radius 2 is 1.86 bits per heavy atom. The van der Waals surface area contributed by atoms with Crippen molar-refractivity contribution in [3.05, 3.63) is 0 Å². The Morgan fingerprint density at radius 3 is 1.86 bits per heavy atom. The molecular weight excluding hydrogens is 234 g/mol. The second-order valence-corrected chi connectivity index (χ2v) is 3.06. The Bertz CT molecular complexity index is 48.2. The number of rotatable bonds is 2. The van der Waals surface area contributed by atoms with Crippen LogP contribution in [-0.4, -0.2) is 16.6 Å². The highest BCUT2D eigenvalue weighted by Gasteiger charge is 2.12. The van der Waals surface area contributed by atoms with E-state index < -0.39 is 16.6 Å². The van der Waals surface area contributed by atoms with Crippen molar-refractivity contribution in [1.82, 2.24) is 0 Å². The van der Waals surface area contributed by atoms with E-state index in [1.165, 1.54) is 0 Å². The molecule has 0 spiro atoms. The zero-order chi connectivity index (χ0) is 5.86. The maximum Gasteiger partial charge on any atom is 0.169 e. The molecule has 7 heavy (non-hydrogen) atoms. The summed E-state index contributed by atoms with van der Waals surface area (Å²) in [5.74, 6) is 0. The zero-order valence-electron chi connectivity index (χ0n) is 3.37. The Kier molecular flexibility index (Phi) is 4.22. The van der Waals surface area contributed by atoms with Crippen molar-refractivity contribution >= 4 is 31.9 Å². The van der Waals surface area contributed by atoms with E-state index in [2.05, 4.69) is 31.9 Å². The maximum atomic E-state index is 11.7. The highest BCUT2D eigenvalue weighted by molar-refractivity contribution is 9.12. The molecule has 0 bridgehead atoms. The second kappa shape index (κ2) is 3.78. The van der Waals surface area contributed by atoms with Crippen molar-refractivity contribution in [2.75, 3.05) is 6.67 Å². The van der Waals surface area contributed by atoms with Gasteiger partial charge in [0.1, 0.15) is 6.67 Å². The molecule has 0 saturated heterocycles. The van der Waals surface area contributed by atoms with Gasteiger partial charge in [0.05, 0.1) is 4.83 Å². The number of alkyl halides is 4. The molecule has 0 radical (unpaired) electrons. The van der Waals surface area contributed by atoms with Gasteiger partial charge in [-0.05, 0) is 0 Å². The molecule has 0 aliphatic rings. The van der Waals surface area contributed by atoms with Crippen LogP contribution in [0.15, 0.2) is 0 Å². The molecule has 0 nitrogen and oxygen atoms in total. The predicted molar refractivity (Wildman–Crippen MR) is 32.5 cm³/mol. The zero-order valence-corrected chi connectivity index (χ0v) is 6.55. The summed E-state index contributed by atoms with van der Waals surface area (Å²) in [5.41, 5.74) is 0. The SMILES string of the molecule is FCC(Br)C(F)Br. The van der Waals surface area contributed by atoms with Crippen LogP contribution in [0.3, 0.4) is 0 Å². The monoisotopic (exact) mass is 236 g/mol. The average Bonchev–Trinajstić information content (AvgIpc) is 1.65. The van der Waals surface area contributed by atoms with Crippen molar-refractivity contribution in [3.8, 4) is 0 Å². The first-order valence-corrected chi connectivity index (χ1v) is 3.49. The van der Waals surface area contributed by atoms with E-state index >= 15 is 0 Å². The highest BCUT2D eigenvalue weighted by atomic mass is 79.9. The summed E-state index contributed by atoms with van der Waals surface area (Å²) in [5, 5.41) is -1.28. The molecule has 0 heterocycles. The van der Waals surface area contributed by atoms with E-state index in [0.717, 1.165) is 0 Å². The van der Waals surface area contributed by atoms with Gasteiger partial charge in [-0.1, -0.05) is 31.9 Å². The standard InChI is InChI=1S/C3H4Br2F2/c4-2(1-6)3(5)7/h2-3H,1H2. The molecule has 0 aliphatic heterocycles. The van der Waals surface area contributed by atoms with Gasteiger partial charge in [-0.25, -0.2) is 8.78 Å². The maximum absolute atomic E-state index is 11.7. The summed E-state index contributed by atoms with van der Waals surface area (Å²) in [6.07, 6.45) is 0. The minimum atomic E-state index is -1.28. The van der Waals surface area contributed by atoms with Crippen LogP contribution in [0.1, 0.15) is 0 Å². The summed E-state index contributed by atoms with van der Waals surface area (Å²) in [6, 6.07) is 0. The molecule has 0 rings (SSSR count). The predicted octanol–water partition coefficient (Wildman–Crippen LogP) is 2.41. The molecule has 0 saturated carbocycles. The molecule has 4 heteroatoms. The van der Waals surface area contributed by atoms with Crippen molar-refractivity contribution in [1.29, 1.82) is 0 Å². The third-order valence-electron chi connectivity index (χ3n) is 0.421. The fourth-order valence-corrected chi connectivity index (χ4v) is 0.209. The molecule has 0 amide bonds. The van der Waals surface area contributed by atoms with Gasteiger partial charge in [-0.3, -0.25) is 0 Å². The Hall–Kier alpha value is 0.820. The van der Waals surface area contributed by atoms with E-state index in [1.807, 2.05) is 0 Å². The summed E-state index contributed by atoms with van der Waals surface area (Å²) < 4.78 is 23.0. The van der Waals surface area contributed by atoms with Gasteiger partial charge < -0.3 is 0 Å². The van der Waals surface area contributed by atoms with Crippen LogP contribution in [0.25, 0.3) is 0 Å². The van der Waals surface area contributed by atoms with Crippen molar-refractivity contribution in [2.45, 2.75) is 9.91 Å². The van der Waals surface area contributed by atoms with Crippen LogP contribution in [-0.2, 0) is 0 Å². The second-order valence-electron chi connectivity index (χ2n) is 1.00. The first kappa shape index (κ1) is 7.82. The minimum absolute atomic E-state index is 0.688. The number of hydrogen-bond acceptors (Lipinski definition) is 0. The summed E-state index contributed by atoms with van der Waals surface area (Å²) in [4.78, 5) is -0.701. The average molecular weight is 238 g/mol. The molecule has 2 unspecified atom stereocenters. The molecular formula is C3H4Br2F2. The van der Waals surface area contributed by atoms with E-state index in [4.69, 9.17) is 0 Å². The molecule has 0 aromatic rings. The lowest BCUT2D eigenvalue weighted by Gasteiger charge is -2.00. The lowest BCUT2D eigenvalue weighted by Crippen LogP contribution is -2.09. The van der Waals surface area contributed by atoms with Gasteiger partial charge in [-0.2, -0.15) is 0 Å². The third-order valence-corrected chi connectivity index (χ3v) is 2.48. The molecule has 2 atom stereocenters. The molecule has 44 valence electrons. The molecule has 0 aromatic heterocycles. The smallest absolute Gasteiger partial charge is 0.169 e. The molecule has 0 N–H and O–H groups in total. The van der Waals surface area contributed by atoms with Gasteiger partial charge in [0.15, 0.2) is 5.08 Å². The van der Waals surface area contributed by atoms with Gasteiger partial charge in [0.2, 0.25) is 0 Å². The Morgan fingerprint density at radius 1 is 1.43 bits per heavy atom. The Balaban J connectivity index is 3.14. The highest BCUT2D eigenvalue weighted by Crippen LogP contribution is 2.14. The third kappa shape index (κ3) is 3.41. The van der Waals surface area contributed by atoms with Crippen LogP contribution in [0.5, 0.6) is 0 Å². The van der Waals surface area contributed by atoms with Crippen LogP contribution in [0.4, 0.5) is 8.78 Å². The van der Waals surface area contributed by atoms with Crippen molar-refractivity contribution in [3.63, 3.8) is 0 Å². The fourth-order valence-electron chi connectivity index (χ4n) is 0.0673. The van der Waals surface area contributed by atoms with Crippen LogP contribution in [0, 0.1) is 0 Å². The van der Waals surface area contributed by atoms with Gasteiger partial charge >= 0.3 is 0 Å². The normalized spacial score (nSPS) is 18.9. The topological polar surface area (TPSA) is 0 Å². The quantitative estimate of drug-likeness (QED) is 0.648. The summed E-state index contributed by atoms with van der Waals surface area (Å²) >= 11 is 5.29. The van der Waals surface area contributed by atoms with Gasteiger partial charge in [0.25, 0.3) is 0 Å². The molecule has 0 aliphatic carbocycles. The molecule has 0 aromatic carbocycles. The largest absolute Gasteiger partial charge is 0.250 e. The van der Waals surface area contributed by atoms with Crippen LogP contribution in [0.2, 0.25) is 0 Å². The van der Waals surface area contributed by atoms with E-state index in [9.17, 15) is 8.78 Å². The van der Waals surface area contributed by atoms with E-state index in [-0.39, 0.29) is 0 Å². The summed E-state index contributed by atoms with van der Waals surface area (Å²) in [6.45, 7) is -0.688. The van der Waals surface area contributed by atoms with E-state index in [1.54, 1.807) is 0 Å². The summed E-state index contributed by atoms with van der Waals surface area (Å²) in [7, 11) is 0. The first-order valence-electron chi connectivity index (χ1n) is 1.66. The van der Waals surface area contributed by atoms with E-state index in [0.29, 0.717) is 0 Å². The lowest BCUT2D eigenvalue weighted by atomic mass is 10.5. The Labute approximate surface area is 57.5 Å². The van der Waals surface area contributed by atoms with Gasteiger partial charge in [0, 0.05) is 0 Å². The van der Waals surface area contributed by atoms with Gasteiger partial charge in [-0.15, -0.1) is 0 Å². The van der Waals surface area contributed by atoms with Crippen molar-refractivity contribution < 1.29 is 8.78 Å². The van der Waals surface area contributed by atoms with Crippen molar-refractivity contribution in [2.24, 2.45) is 0 Å².